The van der Waals surface area contributed by atoms with E-state index in [-0.39, 0.29) is 42.1 Å². The van der Waals surface area contributed by atoms with Crippen LogP contribution in [0.1, 0.15) is 41.1 Å². The maximum atomic E-state index is 13.3. The number of hydrogen-bond donors (Lipinski definition) is 1. The summed E-state index contributed by atoms with van der Waals surface area (Å²) in [6, 6.07) is 6.10. The molecule has 3 nitrogen and oxygen atoms in total. The predicted octanol–water partition coefficient (Wildman–Crippen LogP) is 6.26. The SMILES string of the molecule is O=C(O)C1CCN(C(c2cccc(C(F)(F)F)c2)c2cc(C(F)(F)F)ccc2Cl)CC1. The molecule has 2 aromatic carbocycles. The monoisotopic (exact) mass is 465 g/mol. The Morgan fingerprint density at radius 1 is 0.968 bits per heavy atom. The fourth-order valence-electron chi connectivity index (χ4n) is 3.81. The summed E-state index contributed by atoms with van der Waals surface area (Å²) >= 11 is 6.21. The Morgan fingerprint density at radius 2 is 1.55 bits per heavy atom. The van der Waals surface area contributed by atoms with Crippen LogP contribution in [-0.4, -0.2) is 29.1 Å². The van der Waals surface area contributed by atoms with Crippen LogP contribution in [0.3, 0.4) is 0 Å². The van der Waals surface area contributed by atoms with Gasteiger partial charge in [0.15, 0.2) is 0 Å². The van der Waals surface area contributed by atoms with Gasteiger partial charge in [-0.2, -0.15) is 26.3 Å². The van der Waals surface area contributed by atoms with Crippen molar-refractivity contribution in [3.05, 3.63) is 69.7 Å². The number of benzene rings is 2. The highest BCUT2D eigenvalue weighted by Gasteiger charge is 2.36. The first kappa shape index (κ1) is 23.4. The summed E-state index contributed by atoms with van der Waals surface area (Å²) in [6.45, 7) is 0.370. The number of carboxylic acids is 1. The van der Waals surface area contributed by atoms with Crippen LogP contribution in [0.25, 0.3) is 0 Å². The highest BCUT2D eigenvalue weighted by atomic mass is 35.5. The molecule has 31 heavy (non-hydrogen) atoms. The van der Waals surface area contributed by atoms with Crippen LogP contribution in [-0.2, 0) is 17.1 Å². The van der Waals surface area contributed by atoms with Gasteiger partial charge in [0.25, 0.3) is 0 Å². The number of rotatable bonds is 4. The number of halogens is 7. The average molecular weight is 466 g/mol. The van der Waals surface area contributed by atoms with Crippen LogP contribution >= 0.6 is 11.6 Å². The number of carbonyl (C=O) groups is 1. The lowest BCUT2D eigenvalue weighted by atomic mass is 9.90. The minimum atomic E-state index is -4.66. The summed E-state index contributed by atoms with van der Waals surface area (Å²) < 4.78 is 79.7. The van der Waals surface area contributed by atoms with Gasteiger partial charge in [-0.3, -0.25) is 9.69 Å². The molecule has 0 bridgehead atoms. The number of aliphatic carboxylic acids is 1. The molecule has 0 aromatic heterocycles. The van der Waals surface area contributed by atoms with E-state index >= 15 is 0 Å². The van der Waals surface area contributed by atoms with Crippen molar-refractivity contribution in [2.75, 3.05) is 13.1 Å². The van der Waals surface area contributed by atoms with Gasteiger partial charge in [-0.05, 0) is 67.4 Å². The molecule has 10 heteroatoms. The van der Waals surface area contributed by atoms with Gasteiger partial charge in [0.05, 0.1) is 23.1 Å². The fourth-order valence-corrected chi connectivity index (χ4v) is 4.03. The van der Waals surface area contributed by atoms with E-state index in [2.05, 4.69) is 0 Å². The van der Waals surface area contributed by atoms with Gasteiger partial charge in [0.2, 0.25) is 0 Å². The Kier molecular flexibility index (Phi) is 6.57. The molecule has 1 aliphatic heterocycles. The highest BCUT2D eigenvalue weighted by molar-refractivity contribution is 6.31. The number of nitrogens with zero attached hydrogens (tertiary/aromatic N) is 1. The summed E-state index contributed by atoms with van der Waals surface area (Å²) in [5.74, 6) is -1.59. The van der Waals surface area contributed by atoms with Gasteiger partial charge in [0, 0.05) is 5.02 Å². The zero-order valence-corrected chi connectivity index (χ0v) is 16.7. The van der Waals surface area contributed by atoms with Gasteiger partial charge in [-0.1, -0.05) is 23.7 Å². The Labute approximate surface area is 179 Å². The van der Waals surface area contributed by atoms with Crippen molar-refractivity contribution in [3.8, 4) is 0 Å². The van der Waals surface area contributed by atoms with Gasteiger partial charge >= 0.3 is 18.3 Å². The molecule has 3 rings (SSSR count). The Bertz CT molecular complexity index is 952. The summed E-state index contributed by atoms with van der Waals surface area (Å²) in [7, 11) is 0. The Hall–Kier alpha value is -2.26. The summed E-state index contributed by atoms with van der Waals surface area (Å²) in [5, 5.41) is 9.19. The summed E-state index contributed by atoms with van der Waals surface area (Å²) in [6.07, 6.45) is -8.84. The van der Waals surface area contributed by atoms with Crippen molar-refractivity contribution >= 4 is 17.6 Å². The smallest absolute Gasteiger partial charge is 0.416 e. The molecule has 168 valence electrons. The second kappa shape index (κ2) is 8.70. The number of piperidine rings is 1. The first-order chi connectivity index (χ1) is 14.4. The minimum absolute atomic E-state index is 0.0178. The number of likely N-dealkylation sites (tertiary alicyclic amines) is 1. The first-order valence-corrected chi connectivity index (χ1v) is 9.76. The molecule has 0 radical (unpaired) electrons. The third kappa shape index (κ3) is 5.33. The highest BCUT2D eigenvalue weighted by Crippen LogP contribution is 2.41. The largest absolute Gasteiger partial charge is 0.481 e. The maximum absolute atomic E-state index is 13.3. The van der Waals surface area contributed by atoms with Gasteiger partial charge in [-0.15, -0.1) is 0 Å². The lowest BCUT2D eigenvalue weighted by molar-refractivity contribution is -0.143. The van der Waals surface area contributed by atoms with E-state index in [1.54, 1.807) is 4.90 Å². The van der Waals surface area contributed by atoms with Crippen molar-refractivity contribution in [1.29, 1.82) is 0 Å². The van der Waals surface area contributed by atoms with E-state index in [9.17, 15) is 36.2 Å². The van der Waals surface area contributed by atoms with Crippen LogP contribution in [0, 0.1) is 5.92 Å². The van der Waals surface area contributed by atoms with E-state index in [1.807, 2.05) is 0 Å². The van der Waals surface area contributed by atoms with Crippen LogP contribution < -0.4 is 0 Å². The average Bonchev–Trinajstić information content (AvgIpc) is 2.69. The van der Waals surface area contributed by atoms with Crippen molar-refractivity contribution in [1.82, 2.24) is 4.90 Å². The number of carboxylic acid groups (broad SMARTS) is 1. The van der Waals surface area contributed by atoms with Gasteiger partial charge < -0.3 is 5.11 Å². The van der Waals surface area contributed by atoms with Gasteiger partial charge in [0.1, 0.15) is 0 Å². The topological polar surface area (TPSA) is 40.5 Å². The quantitative estimate of drug-likeness (QED) is 0.541. The van der Waals surface area contributed by atoms with Crippen molar-refractivity contribution < 1.29 is 36.2 Å². The Morgan fingerprint density at radius 3 is 2.10 bits per heavy atom. The van der Waals surface area contributed by atoms with E-state index in [1.165, 1.54) is 12.1 Å². The maximum Gasteiger partial charge on any atom is 0.416 e. The summed E-state index contributed by atoms with van der Waals surface area (Å²) in [5.41, 5.74) is -1.75. The molecule has 0 aliphatic carbocycles. The second-order valence-electron chi connectivity index (χ2n) is 7.41. The molecule has 1 fully saturated rings. The van der Waals surface area contributed by atoms with Crippen LogP contribution in [0.4, 0.5) is 26.3 Å². The summed E-state index contributed by atoms with van der Waals surface area (Å²) in [4.78, 5) is 12.9. The molecule has 0 saturated carbocycles. The zero-order valence-electron chi connectivity index (χ0n) is 16.0. The molecule has 0 amide bonds. The normalized spacial score (nSPS) is 17.5. The molecule has 1 unspecified atom stereocenters. The van der Waals surface area contributed by atoms with Crippen LogP contribution in [0.15, 0.2) is 42.5 Å². The van der Waals surface area contributed by atoms with Crippen molar-refractivity contribution in [3.63, 3.8) is 0 Å². The van der Waals surface area contributed by atoms with Gasteiger partial charge in [-0.25, -0.2) is 0 Å². The fraction of sp³-hybridized carbons (Fsp3) is 0.381. The van der Waals surface area contributed by atoms with E-state index in [4.69, 9.17) is 11.6 Å². The molecule has 1 atom stereocenters. The number of hydrogen-bond acceptors (Lipinski definition) is 2. The predicted molar refractivity (Wildman–Crippen MR) is 102 cm³/mol. The first-order valence-electron chi connectivity index (χ1n) is 9.38. The van der Waals surface area contributed by atoms with Crippen LogP contribution in [0.5, 0.6) is 0 Å². The van der Waals surface area contributed by atoms with E-state index in [0.717, 1.165) is 30.3 Å². The molecule has 1 aliphatic rings. The molecular weight excluding hydrogens is 448 g/mol. The van der Waals surface area contributed by atoms with E-state index < -0.39 is 41.4 Å². The lowest BCUT2D eigenvalue weighted by Crippen LogP contribution is -2.39. The Balaban J connectivity index is 2.10. The molecule has 1 heterocycles. The zero-order chi connectivity index (χ0) is 23.0. The van der Waals surface area contributed by atoms with Crippen molar-refractivity contribution in [2.24, 2.45) is 5.92 Å². The second-order valence-corrected chi connectivity index (χ2v) is 7.82. The molecular formula is C21H18ClF6NO2. The van der Waals surface area contributed by atoms with E-state index in [0.29, 0.717) is 0 Å². The standard InChI is InChI=1S/C21H18ClF6NO2/c22-17-5-4-15(21(26,27)28)11-16(17)18(29-8-6-12(7-9-29)19(30)31)13-2-1-3-14(10-13)20(23,24)25/h1-5,10-12,18H,6-9H2,(H,30,31). The minimum Gasteiger partial charge on any atom is -0.481 e. The van der Waals surface area contributed by atoms with Crippen LogP contribution in [0.2, 0.25) is 5.02 Å². The molecule has 2 aromatic rings. The molecule has 1 saturated heterocycles. The van der Waals surface area contributed by atoms with Crippen molar-refractivity contribution in [2.45, 2.75) is 31.2 Å². The molecule has 1 N–H and O–H groups in total. The number of alkyl halides is 6. The third-order valence-electron chi connectivity index (χ3n) is 5.39. The third-order valence-corrected chi connectivity index (χ3v) is 5.74. The molecule has 0 spiro atoms. The lowest BCUT2D eigenvalue weighted by Gasteiger charge is -2.37.